The molecule has 2 aromatic heterocycles. The normalized spacial score (nSPS) is 11.4. The molecule has 0 radical (unpaired) electrons. The maximum absolute atomic E-state index is 14.5. The molecule has 2 heterocycles. The third-order valence-corrected chi connectivity index (χ3v) is 5.22. The quantitative estimate of drug-likeness (QED) is 0.458. The molecule has 4 rings (SSSR count). The zero-order chi connectivity index (χ0) is 19.7. The Labute approximate surface area is 163 Å². The molecule has 4 aromatic rings. The van der Waals surface area contributed by atoms with Gasteiger partial charge in [-0.05, 0) is 62.6 Å². The van der Waals surface area contributed by atoms with Crippen LogP contribution in [-0.4, -0.2) is 23.6 Å². The summed E-state index contributed by atoms with van der Waals surface area (Å²) in [5, 5.41) is 1.91. The van der Waals surface area contributed by atoms with Crippen LogP contribution in [0.25, 0.3) is 33.1 Å². The average molecular weight is 377 g/mol. The molecule has 144 valence electrons. The Morgan fingerprint density at radius 3 is 2.71 bits per heavy atom. The monoisotopic (exact) mass is 377 g/mol. The Bertz CT molecular complexity index is 1150. The van der Waals surface area contributed by atoms with E-state index in [4.69, 9.17) is 10.5 Å². The van der Waals surface area contributed by atoms with Crippen molar-refractivity contribution in [2.24, 2.45) is 5.73 Å². The van der Waals surface area contributed by atoms with Crippen LogP contribution in [-0.2, 0) is 6.42 Å². The van der Waals surface area contributed by atoms with Crippen molar-refractivity contribution in [1.82, 2.24) is 9.97 Å². The highest BCUT2D eigenvalue weighted by molar-refractivity contribution is 6.01. The fourth-order valence-electron chi connectivity index (χ4n) is 3.85. The van der Waals surface area contributed by atoms with Gasteiger partial charge in [0, 0.05) is 22.0 Å². The summed E-state index contributed by atoms with van der Waals surface area (Å²) in [4.78, 5) is 8.02. The average Bonchev–Trinajstić information content (AvgIpc) is 3.07. The standard InChI is InChI=1S/C23H24FN3O/c1-14-9-10-18-17(11-12-20(28-2)23(18)26-14)21-15(6-3-4-13-25)16-7-5-8-19(24)22(16)27-21/h5,7-12,27H,3-4,6,13,25H2,1-2H3. The van der Waals surface area contributed by atoms with Gasteiger partial charge in [-0.3, -0.25) is 0 Å². The molecule has 0 bridgehead atoms. The number of aromatic nitrogens is 2. The van der Waals surface area contributed by atoms with Crippen LogP contribution < -0.4 is 10.5 Å². The third kappa shape index (κ3) is 3.12. The molecule has 0 unspecified atom stereocenters. The van der Waals surface area contributed by atoms with Crippen LogP contribution in [0.15, 0.2) is 42.5 Å². The topological polar surface area (TPSA) is 63.9 Å². The lowest BCUT2D eigenvalue weighted by Crippen LogP contribution is -1.99. The van der Waals surface area contributed by atoms with Crippen molar-refractivity contribution in [1.29, 1.82) is 0 Å². The highest BCUT2D eigenvalue weighted by Gasteiger charge is 2.18. The van der Waals surface area contributed by atoms with Crippen molar-refractivity contribution in [2.75, 3.05) is 13.7 Å². The van der Waals surface area contributed by atoms with Gasteiger partial charge in [-0.1, -0.05) is 18.2 Å². The Balaban J connectivity index is 1.98. The zero-order valence-corrected chi connectivity index (χ0v) is 16.2. The number of nitrogens with zero attached hydrogens (tertiary/aromatic N) is 1. The molecule has 0 saturated carbocycles. The van der Waals surface area contributed by atoms with Gasteiger partial charge >= 0.3 is 0 Å². The first kappa shape index (κ1) is 18.4. The fourth-order valence-corrected chi connectivity index (χ4v) is 3.85. The maximum Gasteiger partial charge on any atom is 0.147 e. The van der Waals surface area contributed by atoms with Gasteiger partial charge in [-0.2, -0.15) is 0 Å². The zero-order valence-electron chi connectivity index (χ0n) is 16.2. The summed E-state index contributed by atoms with van der Waals surface area (Å²) < 4.78 is 20.0. The summed E-state index contributed by atoms with van der Waals surface area (Å²) in [5.41, 5.74) is 11.0. The summed E-state index contributed by atoms with van der Waals surface area (Å²) in [7, 11) is 1.65. The summed E-state index contributed by atoms with van der Waals surface area (Å²) in [6.45, 7) is 2.61. The smallest absolute Gasteiger partial charge is 0.147 e. The number of fused-ring (bicyclic) bond motifs is 2. The second-order valence-corrected chi connectivity index (χ2v) is 7.05. The molecule has 5 heteroatoms. The highest BCUT2D eigenvalue weighted by atomic mass is 19.1. The van der Waals surface area contributed by atoms with Gasteiger partial charge in [-0.15, -0.1) is 0 Å². The Morgan fingerprint density at radius 1 is 1.07 bits per heavy atom. The number of ether oxygens (including phenoxy) is 1. The van der Waals surface area contributed by atoms with Crippen LogP contribution in [0.5, 0.6) is 5.75 Å². The van der Waals surface area contributed by atoms with E-state index in [1.54, 1.807) is 13.2 Å². The van der Waals surface area contributed by atoms with E-state index in [0.29, 0.717) is 12.1 Å². The molecule has 4 nitrogen and oxygen atoms in total. The first-order valence-electron chi connectivity index (χ1n) is 9.58. The molecule has 0 saturated heterocycles. The van der Waals surface area contributed by atoms with E-state index < -0.39 is 0 Å². The number of aromatic amines is 1. The molecular formula is C23H24FN3O. The molecule has 2 aromatic carbocycles. The lowest BCUT2D eigenvalue weighted by molar-refractivity contribution is 0.419. The van der Waals surface area contributed by atoms with Gasteiger partial charge in [0.2, 0.25) is 0 Å². The van der Waals surface area contributed by atoms with Gasteiger partial charge in [0.1, 0.15) is 17.1 Å². The number of hydrogen-bond donors (Lipinski definition) is 2. The summed E-state index contributed by atoms with van der Waals surface area (Å²) >= 11 is 0. The van der Waals surface area contributed by atoms with Crippen LogP contribution in [0, 0.1) is 12.7 Å². The van der Waals surface area contributed by atoms with Crippen molar-refractivity contribution < 1.29 is 9.13 Å². The van der Waals surface area contributed by atoms with Gasteiger partial charge in [-0.25, -0.2) is 9.37 Å². The minimum Gasteiger partial charge on any atom is -0.494 e. The van der Waals surface area contributed by atoms with Crippen molar-refractivity contribution in [3.8, 4) is 17.0 Å². The number of H-pyrrole nitrogens is 1. The van der Waals surface area contributed by atoms with E-state index in [1.165, 1.54) is 6.07 Å². The van der Waals surface area contributed by atoms with Gasteiger partial charge in [0.05, 0.1) is 18.3 Å². The lowest BCUT2D eigenvalue weighted by Gasteiger charge is -2.12. The van der Waals surface area contributed by atoms with Crippen LogP contribution in [0.1, 0.15) is 24.1 Å². The number of methoxy groups -OCH3 is 1. The molecule has 0 aliphatic heterocycles. The number of unbranched alkanes of at least 4 members (excludes halogenated alkanes) is 1. The number of para-hydroxylation sites is 1. The molecule has 0 fully saturated rings. The predicted octanol–water partition coefficient (Wildman–Crippen LogP) is 5.12. The molecule has 3 N–H and O–H groups in total. The Kier molecular flexibility index (Phi) is 5.01. The van der Waals surface area contributed by atoms with Gasteiger partial charge < -0.3 is 15.5 Å². The predicted molar refractivity (Wildman–Crippen MR) is 112 cm³/mol. The van der Waals surface area contributed by atoms with Crippen molar-refractivity contribution in [2.45, 2.75) is 26.2 Å². The summed E-state index contributed by atoms with van der Waals surface area (Å²) in [6.07, 6.45) is 2.73. The summed E-state index contributed by atoms with van der Waals surface area (Å²) in [5.74, 6) is 0.491. The number of nitrogens with two attached hydrogens (primary N) is 1. The van der Waals surface area contributed by atoms with E-state index in [-0.39, 0.29) is 5.82 Å². The lowest BCUT2D eigenvalue weighted by atomic mass is 9.97. The van der Waals surface area contributed by atoms with Crippen molar-refractivity contribution in [3.63, 3.8) is 0 Å². The second kappa shape index (κ2) is 7.60. The molecule has 28 heavy (non-hydrogen) atoms. The fraction of sp³-hybridized carbons (Fsp3) is 0.261. The van der Waals surface area contributed by atoms with E-state index >= 15 is 0 Å². The third-order valence-electron chi connectivity index (χ3n) is 5.22. The molecule has 0 atom stereocenters. The number of halogens is 1. The molecule has 0 aliphatic carbocycles. The molecule has 0 amide bonds. The Hall–Kier alpha value is -2.92. The number of aryl methyl sites for hydroxylation is 2. The van der Waals surface area contributed by atoms with Gasteiger partial charge in [0.25, 0.3) is 0 Å². The molecular weight excluding hydrogens is 353 g/mol. The first-order chi connectivity index (χ1) is 13.6. The van der Waals surface area contributed by atoms with E-state index in [0.717, 1.165) is 63.8 Å². The number of nitrogens with one attached hydrogen (secondary N) is 1. The number of hydrogen-bond acceptors (Lipinski definition) is 3. The van der Waals surface area contributed by atoms with E-state index in [2.05, 4.69) is 16.0 Å². The number of pyridine rings is 1. The van der Waals surface area contributed by atoms with Crippen molar-refractivity contribution in [3.05, 3.63) is 59.5 Å². The SMILES string of the molecule is COc1ccc(-c2[nH]c3c(F)cccc3c2CCCCN)c2ccc(C)nc12. The molecule has 0 aliphatic rings. The van der Waals surface area contributed by atoms with E-state index in [9.17, 15) is 4.39 Å². The van der Waals surface area contributed by atoms with Gasteiger partial charge in [0.15, 0.2) is 0 Å². The largest absolute Gasteiger partial charge is 0.494 e. The molecule has 0 spiro atoms. The van der Waals surface area contributed by atoms with Crippen LogP contribution in [0.3, 0.4) is 0 Å². The van der Waals surface area contributed by atoms with Crippen LogP contribution in [0.2, 0.25) is 0 Å². The van der Waals surface area contributed by atoms with Crippen LogP contribution >= 0.6 is 0 Å². The maximum atomic E-state index is 14.5. The second-order valence-electron chi connectivity index (χ2n) is 7.05. The summed E-state index contributed by atoms with van der Waals surface area (Å²) in [6, 6.07) is 13.2. The highest BCUT2D eigenvalue weighted by Crippen LogP contribution is 2.38. The Morgan fingerprint density at radius 2 is 1.93 bits per heavy atom. The first-order valence-corrected chi connectivity index (χ1v) is 9.58. The minimum absolute atomic E-state index is 0.240. The van der Waals surface area contributed by atoms with Crippen LogP contribution in [0.4, 0.5) is 4.39 Å². The van der Waals surface area contributed by atoms with E-state index in [1.807, 2.05) is 31.2 Å². The number of rotatable bonds is 6. The minimum atomic E-state index is -0.240. The van der Waals surface area contributed by atoms with Crippen molar-refractivity contribution >= 4 is 21.8 Å². The number of benzene rings is 2.